The predicted octanol–water partition coefficient (Wildman–Crippen LogP) is 3.14. The van der Waals surface area contributed by atoms with E-state index in [1.54, 1.807) is 0 Å². The summed E-state index contributed by atoms with van der Waals surface area (Å²) in [5.41, 5.74) is -1.13. The first-order chi connectivity index (χ1) is 9.41. The molecule has 0 amide bonds. The average molecular weight is 304 g/mol. The van der Waals surface area contributed by atoms with Crippen molar-refractivity contribution in [3.63, 3.8) is 0 Å². The Balaban J connectivity index is 2.27. The van der Waals surface area contributed by atoms with Gasteiger partial charge in [-0.15, -0.1) is 11.3 Å². The Bertz CT molecular complexity index is 627. The summed E-state index contributed by atoms with van der Waals surface area (Å²) < 4.78 is 47.1. The fourth-order valence-electron chi connectivity index (χ4n) is 1.27. The van der Waals surface area contributed by atoms with Crippen molar-refractivity contribution in [2.75, 3.05) is 7.11 Å². The Labute approximate surface area is 115 Å². The van der Waals surface area contributed by atoms with Crippen LogP contribution >= 0.6 is 11.3 Å². The number of esters is 1. The molecule has 0 spiro atoms. The fourth-order valence-corrected chi connectivity index (χ4v) is 2.00. The smallest absolute Gasteiger partial charge is 0.433 e. The number of hydrogen-bond acceptors (Lipinski definition) is 6. The number of hydrogen-bond donors (Lipinski definition) is 0. The van der Waals surface area contributed by atoms with Gasteiger partial charge in [-0.1, -0.05) is 0 Å². The first-order valence-electron chi connectivity index (χ1n) is 5.15. The zero-order chi connectivity index (χ0) is 14.8. The zero-order valence-corrected chi connectivity index (χ0v) is 10.8. The number of thiophene rings is 1. The van der Waals surface area contributed by atoms with Crippen LogP contribution < -0.4 is 4.74 Å². The highest BCUT2D eigenvalue weighted by Gasteiger charge is 2.33. The van der Waals surface area contributed by atoms with Crippen LogP contribution in [-0.4, -0.2) is 23.0 Å². The highest BCUT2D eigenvalue weighted by molar-refractivity contribution is 7.12. The van der Waals surface area contributed by atoms with Crippen LogP contribution in [0.5, 0.6) is 11.8 Å². The molecule has 0 unspecified atom stereocenters. The number of nitrogens with zero attached hydrogens (tertiary/aromatic N) is 2. The molecular formula is C11H7F3N2O3S. The maximum absolute atomic E-state index is 12.5. The largest absolute Gasteiger partial charge is 0.465 e. The molecule has 106 valence electrons. The molecule has 2 aromatic heterocycles. The number of methoxy groups -OCH3 is 1. The molecule has 0 fully saturated rings. The maximum Gasteiger partial charge on any atom is 0.433 e. The fraction of sp³-hybridized carbons (Fsp3) is 0.182. The molecule has 0 aliphatic rings. The van der Waals surface area contributed by atoms with E-state index < -0.39 is 23.8 Å². The summed E-state index contributed by atoms with van der Waals surface area (Å²) in [6.45, 7) is 0. The lowest BCUT2D eigenvalue weighted by Crippen LogP contribution is -2.09. The van der Waals surface area contributed by atoms with Crippen LogP contribution in [0.2, 0.25) is 0 Å². The first-order valence-corrected chi connectivity index (χ1v) is 6.03. The van der Waals surface area contributed by atoms with Crippen molar-refractivity contribution < 1.29 is 27.4 Å². The van der Waals surface area contributed by atoms with Gasteiger partial charge in [-0.05, 0) is 17.5 Å². The van der Waals surface area contributed by atoms with Crippen LogP contribution in [0.3, 0.4) is 0 Å². The molecule has 2 aromatic rings. The molecule has 0 saturated carbocycles. The van der Waals surface area contributed by atoms with E-state index in [9.17, 15) is 18.0 Å². The molecule has 20 heavy (non-hydrogen) atoms. The SMILES string of the molecule is COC(=O)c1sccc1Oc1nccc(C(F)(F)F)n1. The Morgan fingerprint density at radius 2 is 2.10 bits per heavy atom. The minimum atomic E-state index is -4.60. The van der Waals surface area contributed by atoms with E-state index in [2.05, 4.69) is 14.7 Å². The summed E-state index contributed by atoms with van der Waals surface area (Å²) in [6.07, 6.45) is -3.67. The molecule has 0 aliphatic heterocycles. The molecule has 0 aromatic carbocycles. The molecular weight excluding hydrogens is 297 g/mol. The molecule has 0 N–H and O–H groups in total. The molecule has 2 rings (SSSR count). The van der Waals surface area contributed by atoms with Gasteiger partial charge in [-0.2, -0.15) is 18.2 Å². The lowest BCUT2D eigenvalue weighted by molar-refractivity contribution is -0.141. The Morgan fingerprint density at radius 1 is 1.35 bits per heavy atom. The van der Waals surface area contributed by atoms with E-state index in [1.807, 2.05) is 0 Å². The van der Waals surface area contributed by atoms with Crippen LogP contribution in [0, 0.1) is 0 Å². The van der Waals surface area contributed by atoms with Crippen molar-refractivity contribution in [2.45, 2.75) is 6.18 Å². The first kappa shape index (κ1) is 14.3. The van der Waals surface area contributed by atoms with Gasteiger partial charge >= 0.3 is 18.2 Å². The molecule has 0 saturated heterocycles. The third-order valence-corrected chi connectivity index (χ3v) is 3.00. The van der Waals surface area contributed by atoms with Crippen LogP contribution in [0.1, 0.15) is 15.4 Å². The van der Waals surface area contributed by atoms with E-state index in [0.29, 0.717) is 0 Å². The zero-order valence-electron chi connectivity index (χ0n) is 9.97. The van der Waals surface area contributed by atoms with Crippen LogP contribution in [0.15, 0.2) is 23.7 Å². The average Bonchev–Trinajstić information content (AvgIpc) is 2.85. The number of halogens is 3. The van der Waals surface area contributed by atoms with Crippen LogP contribution in [0.4, 0.5) is 13.2 Å². The second kappa shape index (κ2) is 5.45. The number of carbonyl (C=O) groups is 1. The van der Waals surface area contributed by atoms with Gasteiger partial charge < -0.3 is 9.47 Å². The summed E-state index contributed by atoms with van der Waals surface area (Å²) in [4.78, 5) is 18.3. The van der Waals surface area contributed by atoms with E-state index in [0.717, 1.165) is 23.6 Å². The van der Waals surface area contributed by atoms with Crippen LogP contribution in [0.25, 0.3) is 0 Å². The second-order valence-electron chi connectivity index (χ2n) is 3.43. The maximum atomic E-state index is 12.5. The van der Waals surface area contributed by atoms with E-state index in [1.165, 1.54) is 18.6 Å². The van der Waals surface area contributed by atoms with Crippen molar-refractivity contribution >= 4 is 17.3 Å². The quantitative estimate of drug-likeness (QED) is 0.815. The highest BCUT2D eigenvalue weighted by atomic mass is 32.1. The highest BCUT2D eigenvalue weighted by Crippen LogP contribution is 2.31. The number of rotatable bonds is 3. The van der Waals surface area contributed by atoms with Gasteiger partial charge in [0, 0.05) is 6.20 Å². The molecule has 0 aliphatic carbocycles. The van der Waals surface area contributed by atoms with Gasteiger partial charge in [-0.3, -0.25) is 0 Å². The lowest BCUT2D eigenvalue weighted by Gasteiger charge is -2.07. The summed E-state index contributed by atoms with van der Waals surface area (Å²) >= 11 is 1.03. The molecule has 9 heteroatoms. The van der Waals surface area contributed by atoms with Crippen molar-refractivity contribution in [1.82, 2.24) is 9.97 Å². The predicted molar refractivity (Wildman–Crippen MR) is 62.8 cm³/mol. The summed E-state index contributed by atoms with van der Waals surface area (Å²) in [5, 5.41) is 1.54. The summed E-state index contributed by atoms with van der Waals surface area (Å²) in [7, 11) is 1.19. The second-order valence-corrected chi connectivity index (χ2v) is 4.35. The topological polar surface area (TPSA) is 61.3 Å². The van der Waals surface area contributed by atoms with E-state index in [4.69, 9.17) is 4.74 Å². The number of carbonyl (C=O) groups excluding carboxylic acids is 1. The molecule has 0 bridgehead atoms. The summed E-state index contributed by atoms with van der Waals surface area (Å²) in [6, 6.07) is 1.64. The Morgan fingerprint density at radius 3 is 2.75 bits per heavy atom. The Hall–Kier alpha value is -2.16. The van der Waals surface area contributed by atoms with Gasteiger partial charge in [-0.25, -0.2) is 9.78 Å². The van der Waals surface area contributed by atoms with Crippen LogP contribution in [-0.2, 0) is 10.9 Å². The lowest BCUT2D eigenvalue weighted by atomic mass is 10.4. The Kier molecular flexibility index (Phi) is 3.89. The minimum Gasteiger partial charge on any atom is -0.465 e. The van der Waals surface area contributed by atoms with Gasteiger partial charge in [0.05, 0.1) is 7.11 Å². The van der Waals surface area contributed by atoms with Crippen molar-refractivity contribution in [1.29, 1.82) is 0 Å². The van der Waals surface area contributed by atoms with Crippen molar-refractivity contribution in [3.05, 3.63) is 34.3 Å². The number of alkyl halides is 3. The molecule has 0 atom stereocenters. The van der Waals surface area contributed by atoms with E-state index >= 15 is 0 Å². The third kappa shape index (κ3) is 3.05. The van der Waals surface area contributed by atoms with Gasteiger partial charge in [0.15, 0.2) is 16.3 Å². The minimum absolute atomic E-state index is 0.0428. The normalized spacial score (nSPS) is 11.2. The number of ether oxygens (including phenoxy) is 2. The van der Waals surface area contributed by atoms with Crippen molar-refractivity contribution in [2.24, 2.45) is 0 Å². The molecule has 5 nitrogen and oxygen atoms in total. The molecule has 0 radical (unpaired) electrons. The van der Waals surface area contributed by atoms with Gasteiger partial charge in [0.1, 0.15) is 0 Å². The van der Waals surface area contributed by atoms with Gasteiger partial charge in [0.2, 0.25) is 0 Å². The third-order valence-electron chi connectivity index (χ3n) is 2.13. The van der Waals surface area contributed by atoms with E-state index in [-0.39, 0.29) is 10.6 Å². The van der Waals surface area contributed by atoms with Gasteiger partial charge in [0.25, 0.3) is 0 Å². The molecule has 2 heterocycles. The standard InChI is InChI=1S/C11H7F3N2O3S/c1-18-9(17)8-6(3-5-20-8)19-10-15-4-2-7(16-10)11(12,13)14/h2-5H,1H3. The van der Waals surface area contributed by atoms with Crippen molar-refractivity contribution in [3.8, 4) is 11.8 Å². The summed E-state index contributed by atoms with van der Waals surface area (Å²) in [5.74, 6) is -0.608. The number of aromatic nitrogens is 2. The monoisotopic (exact) mass is 304 g/mol.